The normalized spacial score (nSPS) is 19.8. The van der Waals surface area contributed by atoms with Crippen LogP contribution in [0, 0.1) is 6.92 Å². The first kappa shape index (κ1) is 14.3. The quantitative estimate of drug-likeness (QED) is 0.870. The molecule has 0 aliphatic carbocycles. The highest BCUT2D eigenvalue weighted by molar-refractivity contribution is 7.89. The molecule has 1 fully saturated rings. The van der Waals surface area contributed by atoms with E-state index in [-0.39, 0.29) is 6.04 Å². The van der Waals surface area contributed by atoms with Crippen LogP contribution in [-0.4, -0.2) is 19.3 Å². The van der Waals surface area contributed by atoms with Crippen molar-refractivity contribution in [2.24, 2.45) is 0 Å². The molecule has 2 aromatic carbocycles. The Balaban J connectivity index is 2.00. The van der Waals surface area contributed by atoms with E-state index in [1.807, 2.05) is 37.3 Å². The molecule has 1 aliphatic rings. The highest BCUT2D eigenvalue weighted by Gasteiger charge is 2.36. The van der Waals surface area contributed by atoms with E-state index in [4.69, 9.17) is 0 Å². The zero-order valence-electron chi connectivity index (χ0n) is 12.1. The molecule has 1 heterocycles. The molecule has 3 rings (SSSR count). The van der Waals surface area contributed by atoms with Gasteiger partial charge in [-0.3, -0.25) is 0 Å². The van der Waals surface area contributed by atoms with Crippen LogP contribution in [0.25, 0.3) is 0 Å². The van der Waals surface area contributed by atoms with Gasteiger partial charge < -0.3 is 0 Å². The van der Waals surface area contributed by atoms with Gasteiger partial charge in [0.05, 0.1) is 10.9 Å². The summed E-state index contributed by atoms with van der Waals surface area (Å²) in [5, 5.41) is 0. The van der Waals surface area contributed by atoms with Gasteiger partial charge in [0, 0.05) is 6.54 Å². The SMILES string of the molecule is Cc1ccccc1[C@H]1CCCN1S(=O)(=O)c1ccccc1. The smallest absolute Gasteiger partial charge is 0.207 e. The van der Waals surface area contributed by atoms with E-state index in [1.165, 1.54) is 0 Å². The van der Waals surface area contributed by atoms with Crippen molar-refractivity contribution in [3.63, 3.8) is 0 Å². The van der Waals surface area contributed by atoms with Crippen LogP contribution in [0.1, 0.15) is 30.0 Å². The number of aryl methyl sites for hydroxylation is 1. The highest BCUT2D eigenvalue weighted by atomic mass is 32.2. The molecule has 1 aliphatic heterocycles. The Bertz CT molecular complexity index is 725. The summed E-state index contributed by atoms with van der Waals surface area (Å²) in [6.45, 7) is 2.64. The second-order valence-electron chi connectivity index (χ2n) is 5.44. The zero-order valence-corrected chi connectivity index (χ0v) is 12.9. The van der Waals surface area contributed by atoms with Gasteiger partial charge in [0.15, 0.2) is 0 Å². The topological polar surface area (TPSA) is 37.4 Å². The van der Waals surface area contributed by atoms with Crippen LogP contribution in [0.3, 0.4) is 0 Å². The molecule has 0 amide bonds. The summed E-state index contributed by atoms with van der Waals surface area (Å²) < 4.78 is 27.4. The number of benzene rings is 2. The summed E-state index contributed by atoms with van der Waals surface area (Å²) in [6, 6.07) is 16.7. The van der Waals surface area contributed by atoms with E-state index >= 15 is 0 Å². The van der Waals surface area contributed by atoms with Crippen LogP contribution in [0.4, 0.5) is 0 Å². The Morgan fingerprint density at radius 3 is 2.38 bits per heavy atom. The minimum Gasteiger partial charge on any atom is -0.207 e. The van der Waals surface area contributed by atoms with Crippen LogP contribution in [-0.2, 0) is 10.0 Å². The fraction of sp³-hybridized carbons (Fsp3) is 0.294. The minimum absolute atomic E-state index is 0.0450. The van der Waals surface area contributed by atoms with E-state index in [9.17, 15) is 8.42 Å². The lowest BCUT2D eigenvalue weighted by molar-refractivity contribution is 0.395. The van der Waals surface area contributed by atoms with Crippen molar-refractivity contribution in [2.75, 3.05) is 6.54 Å². The number of hydrogen-bond acceptors (Lipinski definition) is 2. The predicted octanol–water partition coefficient (Wildman–Crippen LogP) is 3.52. The average Bonchev–Trinajstić information content (AvgIpc) is 2.99. The van der Waals surface area contributed by atoms with Crippen molar-refractivity contribution >= 4 is 10.0 Å². The highest BCUT2D eigenvalue weighted by Crippen LogP contribution is 2.37. The van der Waals surface area contributed by atoms with Crippen LogP contribution in [0.2, 0.25) is 0 Å². The maximum absolute atomic E-state index is 12.9. The maximum Gasteiger partial charge on any atom is 0.243 e. The molecule has 21 heavy (non-hydrogen) atoms. The molecule has 110 valence electrons. The lowest BCUT2D eigenvalue weighted by Gasteiger charge is -2.25. The minimum atomic E-state index is -3.42. The summed E-state index contributed by atoms with van der Waals surface area (Å²) in [6.07, 6.45) is 1.79. The molecule has 0 N–H and O–H groups in total. The van der Waals surface area contributed by atoms with E-state index in [0.717, 1.165) is 24.0 Å². The third-order valence-electron chi connectivity index (χ3n) is 4.10. The lowest BCUT2D eigenvalue weighted by atomic mass is 10.0. The van der Waals surface area contributed by atoms with Crippen LogP contribution in [0.5, 0.6) is 0 Å². The van der Waals surface area contributed by atoms with E-state index in [1.54, 1.807) is 28.6 Å². The average molecular weight is 301 g/mol. The molecule has 1 saturated heterocycles. The first-order chi connectivity index (χ1) is 10.1. The first-order valence-electron chi connectivity index (χ1n) is 7.23. The van der Waals surface area contributed by atoms with Gasteiger partial charge in [-0.1, -0.05) is 42.5 Å². The van der Waals surface area contributed by atoms with Gasteiger partial charge >= 0.3 is 0 Å². The zero-order chi connectivity index (χ0) is 14.9. The number of nitrogens with zero attached hydrogens (tertiary/aromatic N) is 1. The van der Waals surface area contributed by atoms with Gasteiger partial charge in [0.2, 0.25) is 10.0 Å². The van der Waals surface area contributed by atoms with Crippen molar-refractivity contribution < 1.29 is 8.42 Å². The molecule has 3 nitrogen and oxygen atoms in total. The first-order valence-corrected chi connectivity index (χ1v) is 8.67. The van der Waals surface area contributed by atoms with Crippen molar-refractivity contribution in [3.05, 3.63) is 65.7 Å². The molecule has 0 spiro atoms. The van der Waals surface area contributed by atoms with E-state index < -0.39 is 10.0 Å². The molecule has 0 saturated carbocycles. The number of sulfonamides is 1. The lowest BCUT2D eigenvalue weighted by Crippen LogP contribution is -2.31. The number of rotatable bonds is 3. The molecule has 0 unspecified atom stereocenters. The second kappa shape index (κ2) is 5.62. The largest absolute Gasteiger partial charge is 0.243 e. The van der Waals surface area contributed by atoms with Crippen molar-refractivity contribution in [1.29, 1.82) is 0 Å². The summed E-state index contributed by atoms with van der Waals surface area (Å²) in [5.41, 5.74) is 2.27. The molecule has 1 atom stereocenters. The Morgan fingerprint density at radius 2 is 1.67 bits per heavy atom. The van der Waals surface area contributed by atoms with E-state index in [2.05, 4.69) is 0 Å². The van der Waals surface area contributed by atoms with Gasteiger partial charge in [-0.2, -0.15) is 4.31 Å². The molecule has 4 heteroatoms. The summed E-state index contributed by atoms with van der Waals surface area (Å²) in [4.78, 5) is 0.380. The van der Waals surface area contributed by atoms with Crippen molar-refractivity contribution in [3.8, 4) is 0 Å². The second-order valence-corrected chi connectivity index (χ2v) is 7.33. The fourth-order valence-corrected chi connectivity index (χ4v) is 4.72. The Hall–Kier alpha value is -1.65. The monoisotopic (exact) mass is 301 g/mol. The Morgan fingerprint density at radius 1 is 1.00 bits per heavy atom. The Labute approximate surface area is 126 Å². The fourth-order valence-electron chi connectivity index (χ4n) is 3.03. The van der Waals surface area contributed by atoms with Crippen LogP contribution in [0.15, 0.2) is 59.5 Å². The molecule has 0 aromatic heterocycles. The van der Waals surface area contributed by atoms with E-state index in [0.29, 0.717) is 11.4 Å². The molecular formula is C17H19NO2S. The van der Waals surface area contributed by atoms with Gasteiger partial charge in [-0.25, -0.2) is 8.42 Å². The van der Waals surface area contributed by atoms with Crippen molar-refractivity contribution in [1.82, 2.24) is 4.31 Å². The maximum atomic E-state index is 12.9. The van der Waals surface area contributed by atoms with Crippen LogP contribution < -0.4 is 0 Å². The molecule has 2 aromatic rings. The van der Waals surface area contributed by atoms with Gasteiger partial charge in [0.25, 0.3) is 0 Å². The third kappa shape index (κ3) is 2.61. The third-order valence-corrected chi connectivity index (χ3v) is 6.02. The molecule has 0 radical (unpaired) electrons. The van der Waals surface area contributed by atoms with Crippen LogP contribution >= 0.6 is 0 Å². The summed E-state index contributed by atoms with van der Waals surface area (Å²) >= 11 is 0. The predicted molar refractivity (Wildman–Crippen MR) is 83.5 cm³/mol. The van der Waals surface area contributed by atoms with Gasteiger partial charge in [0.1, 0.15) is 0 Å². The Kier molecular flexibility index (Phi) is 3.83. The van der Waals surface area contributed by atoms with Crippen molar-refractivity contribution in [2.45, 2.75) is 30.7 Å². The number of hydrogen-bond donors (Lipinski definition) is 0. The van der Waals surface area contributed by atoms with Gasteiger partial charge in [-0.05, 0) is 43.0 Å². The molecular weight excluding hydrogens is 282 g/mol. The summed E-state index contributed by atoms with van der Waals surface area (Å²) in [7, 11) is -3.42. The van der Waals surface area contributed by atoms with Gasteiger partial charge in [-0.15, -0.1) is 0 Å². The molecule has 0 bridgehead atoms. The standard InChI is InChI=1S/C17H19NO2S/c1-14-8-5-6-11-16(14)17-12-7-13-18(17)21(19,20)15-9-3-2-4-10-15/h2-6,8-11,17H,7,12-13H2,1H3/t17-/m1/s1. The summed E-state index contributed by atoms with van der Waals surface area (Å²) in [5.74, 6) is 0.